The first-order valence-corrected chi connectivity index (χ1v) is 7.16. The molecule has 2 aliphatic rings. The van der Waals surface area contributed by atoms with Crippen molar-refractivity contribution in [3.05, 3.63) is 11.1 Å². The third-order valence-electron chi connectivity index (χ3n) is 2.98. The minimum absolute atomic E-state index is 1.07. The molecule has 1 heteroatoms. The predicted molar refractivity (Wildman–Crippen MR) is 75.4 cm³/mol. The van der Waals surface area contributed by atoms with Crippen LogP contribution in [0.5, 0.6) is 0 Å². The summed E-state index contributed by atoms with van der Waals surface area (Å²) in [7, 11) is 0. The number of rotatable bonds is 1. The van der Waals surface area contributed by atoms with Crippen molar-refractivity contribution in [3.8, 4) is 0 Å². The molecule has 0 aromatic rings. The Balaban J connectivity index is 0.000000509. The molecule has 1 aliphatic carbocycles. The average molecular weight is 223 g/mol. The van der Waals surface area contributed by atoms with E-state index in [1.807, 2.05) is 27.7 Å². The zero-order valence-corrected chi connectivity index (χ0v) is 11.9. The molecule has 0 unspecified atom stereocenters. The maximum atomic E-state index is 4.64. The monoisotopic (exact) mass is 223 g/mol. The molecule has 0 saturated heterocycles. The van der Waals surface area contributed by atoms with Gasteiger partial charge in [0.15, 0.2) is 0 Å². The second kappa shape index (κ2) is 9.62. The lowest BCUT2D eigenvalue weighted by Crippen LogP contribution is -1.95. The summed E-state index contributed by atoms with van der Waals surface area (Å²) in [5, 5.41) is 0. The fraction of sp³-hybridized carbons (Fsp3) is 0.800. The van der Waals surface area contributed by atoms with Gasteiger partial charge in [0.2, 0.25) is 0 Å². The third kappa shape index (κ3) is 4.11. The molecule has 0 bridgehead atoms. The van der Waals surface area contributed by atoms with E-state index >= 15 is 0 Å². The molecule has 2 rings (SSSR count). The van der Waals surface area contributed by atoms with Crippen LogP contribution in [0.4, 0.5) is 0 Å². The summed E-state index contributed by atoms with van der Waals surface area (Å²) in [5.41, 5.74) is 4.78. The molecule has 1 fully saturated rings. The highest BCUT2D eigenvalue weighted by Gasteiger charge is 2.19. The molecule has 94 valence electrons. The Hall–Kier alpha value is -0.590. The molecule has 0 radical (unpaired) electrons. The van der Waals surface area contributed by atoms with Gasteiger partial charge in [-0.2, -0.15) is 0 Å². The van der Waals surface area contributed by atoms with Crippen molar-refractivity contribution in [1.29, 1.82) is 0 Å². The van der Waals surface area contributed by atoms with Crippen molar-refractivity contribution in [2.75, 3.05) is 6.54 Å². The largest absolute Gasteiger partial charge is 0.289 e. The highest BCUT2D eigenvalue weighted by molar-refractivity contribution is 6.02. The van der Waals surface area contributed by atoms with Gasteiger partial charge in [-0.05, 0) is 44.1 Å². The Labute approximate surface area is 102 Å². The van der Waals surface area contributed by atoms with Crippen molar-refractivity contribution in [3.63, 3.8) is 0 Å². The molecule has 1 heterocycles. The minimum atomic E-state index is 1.07. The Kier molecular flexibility index (Phi) is 9.27. The number of hydrogen-bond acceptors (Lipinski definition) is 1. The molecule has 1 aliphatic heterocycles. The first-order chi connectivity index (χ1) is 7.92. The van der Waals surface area contributed by atoms with Crippen molar-refractivity contribution < 1.29 is 0 Å². The summed E-state index contributed by atoms with van der Waals surface area (Å²) in [4.78, 5) is 4.64. The fourth-order valence-corrected chi connectivity index (χ4v) is 2.33. The van der Waals surface area contributed by atoms with Crippen LogP contribution in [0.2, 0.25) is 0 Å². The molecule has 16 heavy (non-hydrogen) atoms. The highest BCUT2D eigenvalue weighted by Crippen LogP contribution is 2.30. The third-order valence-corrected chi connectivity index (χ3v) is 2.98. The topological polar surface area (TPSA) is 12.4 Å². The summed E-state index contributed by atoms with van der Waals surface area (Å²) < 4.78 is 0. The van der Waals surface area contributed by atoms with Gasteiger partial charge in [0.25, 0.3) is 0 Å². The lowest BCUT2D eigenvalue weighted by Gasteiger charge is -2.05. The van der Waals surface area contributed by atoms with Crippen LogP contribution in [0.25, 0.3) is 0 Å². The van der Waals surface area contributed by atoms with Crippen LogP contribution in [0, 0.1) is 0 Å². The molecule has 0 N–H and O–H groups in total. The smallest absolute Gasteiger partial charge is 0.0395 e. The number of hydrogen-bond donors (Lipinski definition) is 0. The molecule has 0 amide bonds. The molecular weight excluding hydrogens is 194 g/mol. The second-order valence-electron chi connectivity index (χ2n) is 3.72. The first-order valence-electron chi connectivity index (χ1n) is 7.16. The van der Waals surface area contributed by atoms with Gasteiger partial charge >= 0.3 is 0 Å². The van der Waals surface area contributed by atoms with Gasteiger partial charge in [0.05, 0.1) is 0 Å². The first kappa shape index (κ1) is 15.4. The number of nitrogens with zero attached hydrogens (tertiary/aromatic N) is 1. The number of fused-ring (bicyclic) bond motifs is 1. The normalized spacial score (nSPS) is 18.4. The van der Waals surface area contributed by atoms with Crippen molar-refractivity contribution in [1.82, 2.24) is 0 Å². The van der Waals surface area contributed by atoms with Crippen LogP contribution >= 0.6 is 0 Å². The SMILES string of the molecule is CC.CC.CCC1=C2CCCC2=NCCC1. The van der Waals surface area contributed by atoms with Crippen LogP contribution in [0.15, 0.2) is 16.1 Å². The van der Waals surface area contributed by atoms with Crippen LogP contribution in [0.3, 0.4) is 0 Å². The standard InChI is InChI=1S/C11H17N.2C2H6/c1-2-9-5-4-8-12-11-7-3-6-10(9)11;2*1-2/h2-8H2,1H3;2*1-2H3. The summed E-state index contributed by atoms with van der Waals surface area (Å²) in [6, 6.07) is 0. The van der Waals surface area contributed by atoms with Crippen LogP contribution in [0.1, 0.15) is 73.1 Å². The minimum Gasteiger partial charge on any atom is -0.289 e. The number of allylic oxidation sites excluding steroid dienone is 2. The van der Waals surface area contributed by atoms with Gasteiger partial charge < -0.3 is 0 Å². The van der Waals surface area contributed by atoms with Gasteiger partial charge in [-0.25, -0.2) is 0 Å². The van der Waals surface area contributed by atoms with Crippen LogP contribution in [-0.4, -0.2) is 12.3 Å². The fourth-order valence-electron chi connectivity index (χ4n) is 2.33. The van der Waals surface area contributed by atoms with Gasteiger partial charge in [-0.15, -0.1) is 0 Å². The maximum Gasteiger partial charge on any atom is 0.0395 e. The molecule has 0 spiro atoms. The molecular formula is C15H29N. The van der Waals surface area contributed by atoms with Crippen LogP contribution in [-0.2, 0) is 0 Å². The van der Waals surface area contributed by atoms with E-state index < -0.39 is 0 Å². The van der Waals surface area contributed by atoms with E-state index in [1.54, 1.807) is 11.1 Å². The van der Waals surface area contributed by atoms with Crippen molar-refractivity contribution in [2.24, 2.45) is 4.99 Å². The molecule has 0 aromatic carbocycles. The van der Waals surface area contributed by atoms with Gasteiger partial charge in [0, 0.05) is 12.3 Å². The van der Waals surface area contributed by atoms with Crippen molar-refractivity contribution in [2.45, 2.75) is 73.1 Å². The van der Waals surface area contributed by atoms with E-state index in [0.29, 0.717) is 0 Å². The quantitative estimate of drug-likeness (QED) is 0.582. The average Bonchev–Trinajstić information content (AvgIpc) is 2.75. The summed E-state index contributed by atoms with van der Waals surface area (Å²) >= 11 is 0. The Morgan fingerprint density at radius 2 is 1.62 bits per heavy atom. The second-order valence-corrected chi connectivity index (χ2v) is 3.72. The molecule has 0 atom stereocenters. The number of aliphatic imine (C=N–C) groups is 1. The van der Waals surface area contributed by atoms with E-state index in [9.17, 15) is 0 Å². The molecule has 1 saturated carbocycles. The van der Waals surface area contributed by atoms with E-state index in [1.165, 1.54) is 44.2 Å². The summed E-state index contributed by atoms with van der Waals surface area (Å²) in [6.45, 7) is 11.4. The lowest BCUT2D eigenvalue weighted by molar-refractivity contribution is 0.792. The molecule has 0 aromatic heterocycles. The summed E-state index contributed by atoms with van der Waals surface area (Å²) in [5.74, 6) is 0. The van der Waals surface area contributed by atoms with Crippen LogP contribution < -0.4 is 0 Å². The Morgan fingerprint density at radius 3 is 2.25 bits per heavy atom. The van der Waals surface area contributed by atoms with E-state index in [-0.39, 0.29) is 0 Å². The Bertz CT molecular complexity index is 236. The molecule has 1 nitrogen and oxygen atoms in total. The zero-order chi connectivity index (χ0) is 12.4. The lowest BCUT2D eigenvalue weighted by atomic mass is 10.00. The van der Waals surface area contributed by atoms with E-state index in [0.717, 1.165) is 6.54 Å². The Morgan fingerprint density at radius 1 is 0.938 bits per heavy atom. The predicted octanol–water partition coefficient (Wildman–Crippen LogP) is 5.16. The maximum absolute atomic E-state index is 4.64. The zero-order valence-electron chi connectivity index (χ0n) is 11.9. The van der Waals surface area contributed by atoms with Gasteiger partial charge in [0.1, 0.15) is 0 Å². The van der Waals surface area contributed by atoms with E-state index in [4.69, 9.17) is 0 Å². The van der Waals surface area contributed by atoms with Crippen molar-refractivity contribution >= 4 is 5.71 Å². The summed E-state index contributed by atoms with van der Waals surface area (Å²) in [6.07, 6.45) is 7.72. The van der Waals surface area contributed by atoms with Gasteiger partial charge in [-0.3, -0.25) is 4.99 Å². The van der Waals surface area contributed by atoms with E-state index in [2.05, 4.69) is 11.9 Å². The van der Waals surface area contributed by atoms with Gasteiger partial charge in [-0.1, -0.05) is 40.2 Å². The highest BCUT2D eigenvalue weighted by atomic mass is 14.7.